The number of amides is 1. The van der Waals surface area contributed by atoms with Crippen LogP contribution in [-0.2, 0) is 11.5 Å². The number of anilines is 1. The maximum Gasteiger partial charge on any atom is 0.282 e. The quantitative estimate of drug-likeness (QED) is 0.464. The van der Waals surface area contributed by atoms with Gasteiger partial charge in [0, 0.05) is 28.2 Å². The molecule has 0 bridgehead atoms. The Morgan fingerprint density at radius 2 is 2.00 bits per heavy atom. The molecule has 0 saturated heterocycles. The summed E-state index contributed by atoms with van der Waals surface area (Å²) < 4.78 is 1.70. The highest BCUT2D eigenvalue weighted by atomic mass is 35.5. The number of hydrogen-bond acceptors (Lipinski definition) is 5. The number of hydrogen-bond donors (Lipinski definition) is 1. The average Bonchev–Trinajstić information content (AvgIpc) is 3.26. The van der Waals surface area contributed by atoms with Gasteiger partial charge in [0.1, 0.15) is 11.4 Å². The van der Waals surface area contributed by atoms with Crippen LogP contribution in [0.1, 0.15) is 32.7 Å². The van der Waals surface area contributed by atoms with Gasteiger partial charge in [-0.1, -0.05) is 17.7 Å². The molecule has 0 saturated carbocycles. The van der Waals surface area contributed by atoms with Crippen LogP contribution >= 0.6 is 23.4 Å². The SMILES string of the molecule is Cc1ccc(-n2nc3c(c2NC(=O)c2cc(Cl)ccc2[N+](=O)[O-])CSC3)cc1C. The van der Waals surface area contributed by atoms with E-state index < -0.39 is 10.8 Å². The average molecular weight is 429 g/mol. The second-order valence-corrected chi connectivity index (χ2v) is 8.24. The number of nitrogens with one attached hydrogen (secondary N) is 1. The molecule has 0 unspecified atom stereocenters. The van der Waals surface area contributed by atoms with Gasteiger partial charge < -0.3 is 5.32 Å². The molecule has 3 aromatic rings. The lowest BCUT2D eigenvalue weighted by molar-refractivity contribution is -0.385. The third-order valence-electron chi connectivity index (χ3n) is 4.92. The van der Waals surface area contributed by atoms with Crippen LogP contribution in [0.5, 0.6) is 0 Å². The Labute approximate surface area is 176 Å². The highest BCUT2D eigenvalue weighted by Crippen LogP contribution is 2.37. The number of rotatable bonds is 4. The zero-order valence-electron chi connectivity index (χ0n) is 15.7. The van der Waals surface area contributed by atoms with E-state index in [9.17, 15) is 14.9 Å². The number of aromatic nitrogens is 2. The number of aryl methyl sites for hydroxylation is 2. The number of nitro groups is 1. The maximum absolute atomic E-state index is 13.0. The van der Waals surface area contributed by atoms with Crippen molar-refractivity contribution in [2.75, 3.05) is 5.32 Å². The van der Waals surface area contributed by atoms with Gasteiger partial charge in [0.15, 0.2) is 0 Å². The van der Waals surface area contributed by atoms with E-state index in [0.29, 0.717) is 11.6 Å². The highest BCUT2D eigenvalue weighted by Gasteiger charge is 2.27. The molecule has 0 spiro atoms. The van der Waals surface area contributed by atoms with Gasteiger partial charge in [-0.2, -0.15) is 16.9 Å². The second-order valence-electron chi connectivity index (χ2n) is 6.82. The predicted molar refractivity (Wildman–Crippen MR) is 114 cm³/mol. The maximum atomic E-state index is 13.0. The molecular formula is C20H17ClN4O3S. The zero-order chi connectivity index (χ0) is 20.7. The summed E-state index contributed by atoms with van der Waals surface area (Å²) in [5.41, 5.74) is 4.54. The van der Waals surface area contributed by atoms with E-state index in [2.05, 4.69) is 10.4 Å². The van der Waals surface area contributed by atoms with Gasteiger partial charge in [0.25, 0.3) is 11.6 Å². The van der Waals surface area contributed by atoms with Crippen LogP contribution in [0.25, 0.3) is 5.69 Å². The van der Waals surface area contributed by atoms with Crippen molar-refractivity contribution in [2.45, 2.75) is 25.4 Å². The van der Waals surface area contributed by atoms with Crippen molar-refractivity contribution >= 4 is 40.8 Å². The van der Waals surface area contributed by atoms with Crippen molar-refractivity contribution in [3.05, 3.63) is 79.5 Å². The molecule has 1 aliphatic heterocycles. The summed E-state index contributed by atoms with van der Waals surface area (Å²) >= 11 is 7.69. The van der Waals surface area contributed by atoms with Gasteiger partial charge >= 0.3 is 0 Å². The minimum Gasteiger partial charge on any atom is -0.306 e. The van der Waals surface area contributed by atoms with Crippen LogP contribution in [0.15, 0.2) is 36.4 Å². The van der Waals surface area contributed by atoms with E-state index in [0.717, 1.165) is 33.8 Å². The number of carbonyl (C=O) groups is 1. The lowest BCUT2D eigenvalue weighted by Gasteiger charge is -2.12. The Balaban J connectivity index is 1.78. The van der Waals surface area contributed by atoms with Crippen LogP contribution < -0.4 is 5.32 Å². The van der Waals surface area contributed by atoms with Crippen LogP contribution in [0.3, 0.4) is 0 Å². The Hall–Kier alpha value is -2.84. The van der Waals surface area contributed by atoms with Crippen LogP contribution in [-0.4, -0.2) is 20.6 Å². The van der Waals surface area contributed by atoms with Crippen molar-refractivity contribution in [1.82, 2.24) is 9.78 Å². The third-order valence-corrected chi connectivity index (χ3v) is 6.12. The highest BCUT2D eigenvalue weighted by molar-refractivity contribution is 7.98. The first kappa shape index (κ1) is 19.5. The van der Waals surface area contributed by atoms with Crippen molar-refractivity contribution < 1.29 is 9.72 Å². The predicted octanol–water partition coefficient (Wildman–Crippen LogP) is 5.05. The normalized spacial score (nSPS) is 12.7. The molecule has 1 amide bonds. The van der Waals surface area contributed by atoms with E-state index >= 15 is 0 Å². The molecule has 2 aromatic carbocycles. The summed E-state index contributed by atoms with van der Waals surface area (Å²) in [6, 6.07) is 9.87. The number of carbonyl (C=O) groups excluding carboxylic acids is 1. The molecule has 4 rings (SSSR count). The van der Waals surface area contributed by atoms with Gasteiger partial charge in [0.05, 0.1) is 16.3 Å². The van der Waals surface area contributed by atoms with E-state index in [-0.39, 0.29) is 16.3 Å². The number of thioether (sulfide) groups is 1. The number of nitro benzene ring substituents is 1. The van der Waals surface area contributed by atoms with Crippen molar-refractivity contribution in [3.8, 4) is 5.69 Å². The fourth-order valence-corrected chi connectivity index (χ4v) is 4.42. The molecule has 0 radical (unpaired) electrons. The molecule has 7 nitrogen and oxygen atoms in total. The monoisotopic (exact) mass is 428 g/mol. The molecule has 9 heteroatoms. The fourth-order valence-electron chi connectivity index (χ4n) is 3.21. The van der Waals surface area contributed by atoms with E-state index in [1.165, 1.54) is 18.2 Å². The second kappa shape index (κ2) is 7.53. The molecule has 0 aliphatic carbocycles. The third kappa shape index (κ3) is 3.61. The van der Waals surface area contributed by atoms with Crippen molar-refractivity contribution in [3.63, 3.8) is 0 Å². The summed E-state index contributed by atoms with van der Waals surface area (Å²) in [7, 11) is 0. The Morgan fingerprint density at radius 1 is 1.21 bits per heavy atom. The van der Waals surface area contributed by atoms with Gasteiger partial charge in [-0.25, -0.2) is 4.68 Å². The van der Waals surface area contributed by atoms with E-state index in [1.54, 1.807) is 16.4 Å². The van der Waals surface area contributed by atoms with Gasteiger partial charge in [-0.05, 0) is 49.2 Å². The van der Waals surface area contributed by atoms with E-state index in [4.69, 9.17) is 11.6 Å². The summed E-state index contributed by atoms with van der Waals surface area (Å²) in [6.07, 6.45) is 0. The van der Waals surface area contributed by atoms with Gasteiger partial charge in [0.2, 0.25) is 0 Å². The molecule has 1 aliphatic rings. The summed E-state index contributed by atoms with van der Waals surface area (Å²) in [4.78, 5) is 23.7. The first-order valence-electron chi connectivity index (χ1n) is 8.86. The largest absolute Gasteiger partial charge is 0.306 e. The lowest BCUT2D eigenvalue weighted by Crippen LogP contribution is -2.17. The molecule has 29 heavy (non-hydrogen) atoms. The molecule has 0 fully saturated rings. The van der Waals surface area contributed by atoms with E-state index in [1.807, 2.05) is 32.0 Å². The molecule has 148 valence electrons. The van der Waals surface area contributed by atoms with Gasteiger partial charge in [-0.3, -0.25) is 14.9 Å². The lowest BCUT2D eigenvalue weighted by atomic mass is 10.1. The zero-order valence-corrected chi connectivity index (χ0v) is 17.3. The Kier molecular flexibility index (Phi) is 5.06. The minimum atomic E-state index is -0.594. The molecule has 1 N–H and O–H groups in total. The fraction of sp³-hybridized carbons (Fsp3) is 0.200. The van der Waals surface area contributed by atoms with Crippen LogP contribution in [0.2, 0.25) is 5.02 Å². The number of fused-ring (bicyclic) bond motifs is 1. The summed E-state index contributed by atoms with van der Waals surface area (Å²) in [5.74, 6) is 1.41. The Bertz CT molecular complexity index is 1160. The van der Waals surface area contributed by atoms with Gasteiger partial charge in [-0.15, -0.1) is 0 Å². The van der Waals surface area contributed by atoms with Crippen molar-refractivity contribution in [2.24, 2.45) is 0 Å². The van der Waals surface area contributed by atoms with Crippen molar-refractivity contribution in [1.29, 1.82) is 0 Å². The first-order valence-corrected chi connectivity index (χ1v) is 10.4. The van der Waals surface area contributed by atoms with Crippen LogP contribution in [0, 0.1) is 24.0 Å². The minimum absolute atomic E-state index is 0.0882. The number of halogens is 1. The molecular weight excluding hydrogens is 412 g/mol. The molecule has 0 atom stereocenters. The first-order chi connectivity index (χ1) is 13.8. The molecule has 1 aromatic heterocycles. The smallest absolute Gasteiger partial charge is 0.282 e. The summed E-state index contributed by atoms with van der Waals surface area (Å²) in [5, 5.41) is 19.1. The summed E-state index contributed by atoms with van der Waals surface area (Å²) in [6.45, 7) is 4.04. The number of benzene rings is 2. The topological polar surface area (TPSA) is 90.1 Å². The molecule has 2 heterocycles. The standard InChI is InChI=1S/C20H17ClN4O3S/c1-11-3-5-14(7-12(11)2)24-19(16-9-29-10-17(16)23-24)22-20(26)15-8-13(21)4-6-18(15)25(27)28/h3-8H,9-10H2,1-2H3,(H,22,26). The van der Waals surface area contributed by atoms with Crippen LogP contribution in [0.4, 0.5) is 11.5 Å². The number of nitrogens with zero attached hydrogens (tertiary/aromatic N) is 3. The Morgan fingerprint density at radius 3 is 2.72 bits per heavy atom.